The second kappa shape index (κ2) is 6.97. The quantitative estimate of drug-likeness (QED) is 0.684. The predicted molar refractivity (Wildman–Crippen MR) is 83.3 cm³/mol. The summed E-state index contributed by atoms with van der Waals surface area (Å²) in [7, 11) is 3.63. The van der Waals surface area contributed by atoms with Crippen molar-refractivity contribution in [2.45, 2.75) is 57.5 Å². The maximum absolute atomic E-state index is 6.46. The first-order valence-corrected chi connectivity index (χ1v) is 8.87. The molecule has 0 heterocycles. The summed E-state index contributed by atoms with van der Waals surface area (Å²) in [5, 5.41) is 0. The number of rotatable bonds is 8. The molecule has 21 heavy (non-hydrogen) atoms. The molecular weight excluding hydrogens is 264 g/mol. The van der Waals surface area contributed by atoms with Crippen molar-refractivity contribution in [3.05, 3.63) is 0 Å². The Morgan fingerprint density at radius 1 is 0.857 bits per heavy atom. The molecule has 0 N–H and O–H groups in total. The van der Waals surface area contributed by atoms with E-state index < -0.39 is 0 Å². The average Bonchev–Trinajstić information content (AvgIpc) is 3.21. The molecule has 3 aliphatic rings. The van der Waals surface area contributed by atoms with Gasteiger partial charge in [0.25, 0.3) is 0 Å². The summed E-state index contributed by atoms with van der Waals surface area (Å²) in [5.74, 6) is 2.49. The van der Waals surface area contributed by atoms with Gasteiger partial charge in [-0.15, -0.1) is 0 Å². The van der Waals surface area contributed by atoms with Crippen molar-refractivity contribution in [3.8, 4) is 0 Å². The molecule has 3 atom stereocenters. The Balaban J connectivity index is 1.62. The molecule has 0 spiro atoms. The summed E-state index contributed by atoms with van der Waals surface area (Å²) >= 11 is 0. The molecule has 0 saturated heterocycles. The van der Waals surface area contributed by atoms with E-state index in [2.05, 4.69) is 0 Å². The van der Waals surface area contributed by atoms with Crippen LogP contribution in [-0.4, -0.2) is 40.1 Å². The Morgan fingerprint density at radius 3 is 2.10 bits per heavy atom. The number of ether oxygens (including phenoxy) is 3. The summed E-state index contributed by atoms with van der Waals surface area (Å²) in [4.78, 5) is 0. The molecule has 0 aromatic rings. The van der Waals surface area contributed by atoms with Crippen LogP contribution in [0.1, 0.15) is 51.4 Å². The van der Waals surface area contributed by atoms with Gasteiger partial charge in [-0.05, 0) is 56.3 Å². The first-order chi connectivity index (χ1) is 10.3. The van der Waals surface area contributed by atoms with E-state index in [-0.39, 0.29) is 5.41 Å². The first kappa shape index (κ1) is 15.8. The molecule has 3 aliphatic carbocycles. The molecule has 0 amide bonds. The monoisotopic (exact) mass is 296 g/mol. The fraction of sp³-hybridized carbons (Fsp3) is 1.00. The first-order valence-electron chi connectivity index (χ1n) is 8.87. The van der Waals surface area contributed by atoms with Gasteiger partial charge in [0, 0.05) is 19.6 Å². The number of hydrogen-bond donors (Lipinski definition) is 0. The van der Waals surface area contributed by atoms with Crippen LogP contribution in [-0.2, 0) is 14.2 Å². The van der Waals surface area contributed by atoms with E-state index >= 15 is 0 Å². The van der Waals surface area contributed by atoms with Crippen molar-refractivity contribution in [1.82, 2.24) is 0 Å². The zero-order chi connectivity index (χ0) is 14.7. The van der Waals surface area contributed by atoms with Crippen molar-refractivity contribution in [1.29, 1.82) is 0 Å². The Kier molecular flexibility index (Phi) is 5.23. The van der Waals surface area contributed by atoms with E-state index in [1.807, 2.05) is 14.2 Å². The van der Waals surface area contributed by atoms with Gasteiger partial charge in [0.15, 0.2) is 0 Å². The van der Waals surface area contributed by atoms with Crippen LogP contribution in [0.4, 0.5) is 0 Å². The second-order valence-corrected chi connectivity index (χ2v) is 7.73. The molecule has 3 rings (SSSR count). The molecule has 2 bridgehead atoms. The highest BCUT2D eigenvalue weighted by Gasteiger charge is 2.44. The molecule has 0 radical (unpaired) electrons. The molecule has 3 fully saturated rings. The van der Waals surface area contributed by atoms with Crippen molar-refractivity contribution >= 4 is 0 Å². The van der Waals surface area contributed by atoms with Gasteiger partial charge in [-0.3, -0.25) is 0 Å². The minimum absolute atomic E-state index is 0.0713. The Morgan fingerprint density at radius 2 is 1.57 bits per heavy atom. The topological polar surface area (TPSA) is 27.7 Å². The van der Waals surface area contributed by atoms with Crippen molar-refractivity contribution < 1.29 is 14.2 Å². The van der Waals surface area contributed by atoms with Gasteiger partial charge in [0.05, 0.1) is 25.9 Å². The van der Waals surface area contributed by atoms with E-state index in [1.165, 1.54) is 51.4 Å². The molecule has 0 aromatic heterocycles. The van der Waals surface area contributed by atoms with E-state index in [0.717, 1.165) is 31.7 Å². The van der Waals surface area contributed by atoms with Crippen LogP contribution in [0.2, 0.25) is 0 Å². The Labute approximate surface area is 129 Å². The zero-order valence-electron chi connectivity index (χ0n) is 13.8. The number of hydrogen-bond acceptors (Lipinski definition) is 3. The highest BCUT2D eigenvalue weighted by molar-refractivity contribution is 4.93. The van der Waals surface area contributed by atoms with Gasteiger partial charge < -0.3 is 14.2 Å². The standard InChI is InChI=1S/C18H32O3/c1-19-11-18(12-20-2,16-5-3-4-6-16)13-21-17-10-14-7-8-15(17)9-14/h14-17H,3-13H2,1-2H3. The molecule has 3 heteroatoms. The van der Waals surface area contributed by atoms with E-state index in [9.17, 15) is 0 Å². The van der Waals surface area contributed by atoms with Crippen LogP contribution in [0, 0.1) is 23.2 Å². The predicted octanol–water partition coefficient (Wildman–Crippen LogP) is 3.66. The smallest absolute Gasteiger partial charge is 0.0606 e. The summed E-state index contributed by atoms with van der Waals surface area (Å²) in [6, 6.07) is 0. The number of methoxy groups -OCH3 is 2. The third-order valence-electron chi connectivity index (χ3n) is 6.34. The lowest BCUT2D eigenvalue weighted by molar-refractivity contribution is -0.109. The minimum atomic E-state index is 0.0713. The van der Waals surface area contributed by atoms with E-state index in [0.29, 0.717) is 12.0 Å². The molecular formula is C18H32O3. The fourth-order valence-corrected chi connectivity index (χ4v) is 5.26. The highest BCUT2D eigenvalue weighted by Crippen LogP contribution is 2.47. The molecule has 3 unspecified atom stereocenters. The third kappa shape index (κ3) is 3.30. The summed E-state index contributed by atoms with van der Waals surface area (Å²) in [5.41, 5.74) is 0.0713. The van der Waals surface area contributed by atoms with Crippen LogP contribution in [0.25, 0.3) is 0 Å². The molecule has 3 saturated carbocycles. The maximum Gasteiger partial charge on any atom is 0.0606 e. The van der Waals surface area contributed by atoms with Crippen molar-refractivity contribution in [3.63, 3.8) is 0 Å². The lowest BCUT2D eigenvalue weighted by Crippen LogP contribution is -2.44. The van der Waals surface area contributed by atoms with Crippen LogP contribution < -0.4 is 0 Å². The summed E-state index contributed by atoms with van der Waals surface area (Å²) in [6.07, 6.45) is 11.4. The van der Waals surface area contributed by atoms with Gasteiger partial charge in [0.2, 0.25) is 0 Å². The van der Waals surface area contributed by atoms with Crippen molar-refractivity contribution in [2.24, 2.45) is 23.2 Å². The van der Waals surface area contributed by atoms with Gasteiger partial charge in [-0.25, -0.2) is 0 Å². The largest absolute Gasteiger partial charge is 0.384 e. The van der Waals surface area contributed by atoms with Gasteiger partial charge >= 0.3 is 0 Å². The normalized spacial score (nSPS) is 33.1. The minimum Gasteiger partial charge on any atom is -0.384 e. The molecule has 122 valence electrons. The van der Waals surface area contributed by atoms with Crippen LogP contribution >= 0.6 is 0 Å². The Hall–Kier alpha value is -0.120. The summed E-state index contributed by atoms with van der Waals surface area (Å²) in [6.45, 7) is 2.37. The molecule has 0 aromatic carbocycles. The molecule has 3 nitrogen and oxygen atoms in total. The second-order valence-electron chi connectivity index (χ2n) is 7.73. The molecule has 0 aliphatic heterocycles. The van der Waals surface area contributed by atoms with Crippen LogP contribution in [0.5, 0.6) is 0 Å². The SMILES string of the molecule is COCC(COC)(COC1CC2CCC1C2)C1CCCC1. The fourth-order valence-electron chi connectivity index (χ4n) is 5.26. The average molecular weight is 296 g/mol. The van der Waals surface area contributed by atoms with Crippen LogP contribution in [0.15, 0.2) is 0 Å². The van der Waals surface area contributed by atoms with Gasteiger partial charge in [-0.2, -0.15) is 0 Å². The number of fused-ring (bicyclic) bond motifs is 2. The maximum atomic E-state index is 6.46. The lowest BCUT2D eigenvalue weighted by Gasteiger charge is -2.39. The van der Waals surface area contributed by atoms with E-state index in [4.69, 9.17) is 14.2 Å². The van der Waals surface area contributed by atoms with Gasteiger partial charge in [0.1, 0.15) is 0 Å². The van der Waals surface area contributed by atoms with Crippen LogP contribution in [0.3, 0.4) is 0 Å². The lowest BCUT2D eigenvalue weighted by atomic mass is 9.76. The summed E-state index contributed by atoms with van der Waals surface area (Å²) < 4.78 is 17.6. The van der Waals surface area contributed by atoms with E-state index in [1.54, 1.807) is 0 Å². The Bertz CT molecular complexity index is 318. The third-order valence-corrected chi connectivity index (χ3v) is 6.34. The highest BCUT2D eigenvalue weighted by atomic mass is 16.5. The zero-order valence-corrected chi connectivity index (χ0v) is 13.8. The van der Waals surface area contributed by atoms with Crippen molar-refractivity contribution in [2.75, 3.05) is 34.0 Å². The van der Waals surface area contributed by atoms with Gasteiger partial charge in [-0.1, -0.05) is 12.8 Å².